The van der Waals surface area contributed by atoms with E-state index < -0.39 is 5.97 Å². The standard InChI is InChI=1S/C14H15BrN2O2S/c1-2-17(8-10-4-6-13(15)20-10)12-5-3-9(14(18)19)7-11(12)16/h3-7H,2,8,16H2,1H3,(H,18,19). The molecule has 1 heterocycles. The minimum absolute atomic E-state index is 0.209. The number of thiophene rings is 1. The van der Waals surface area contributed by atoms with Gasteiger partial charge >= 0.3 is 5.97 Å². The average Bonchev–Trinajstić information content (AvgIpc) is 2.81. The second-order valence-electron chi connectivity index (χ2n) is 4.30. The highest BCUT2D eigenvalue weighted by molar-refractivity contribution is 9.11. The van der Waals surface area contributed by atoms with Crippen LogP contribution in [-0.4, -0.2) is 17.6 Å². The van der Waals surface area contributed by atoms with Gasteiger partial charge in [-0.3, -0.25) is 0 Å². The number of nitrogens with zero attached hydrogens (tertiary/aromatic N) is 1. The molecule has 0 aliphatic carbocycles. The van der Waals surface area contributed by atoms with Crippen molar-refractivity contribution in [2.75, 3.05) is 17.2 Å². The lowest BCUT2D eigenvalue weighted by Crippen LogP contribution is -2.22. The Morgan fingerprint density at radius 2 is 2.15 bits per heavy atom. The Balaban J connectivity index is 2.25. The number of nitrogen functional groups attached to an aromatic ring is 1. The van der Waals surface area contributed by atoms with Crippen molar-refractivity contribution in [1.29, 1.82) is 0 Å². The van der Waals surface area contributed by atoms with E-state index >= 15 is 0 Å². The third kappa shape index (κ3) is 3.32. The Morgan fingerprint density at radius 1 is 1.40 bits per heavy atom. The summed E-state index contributed by atoms with van der Waals surface area (Å²) in [4.78, 5) is 14.3. The summed E-state index contributed by atoms with van der Waals surface area (Å²) in [7, 11) is 0. The Kier molecular flexibility index (Phi) is 4.67. The van der Waals surface area contributed by atoms with Gasteiger partial charge < -0.3 is 15.7 Å². The summed E-state index contributed by atoms with van der Waals surface area (Å²) < 4.78 is 1.10. The molecule has 2 rings (SSSR count). The zero-order valence-corrected chi connectivity index (χ0v) is 13.4. The smallest absolute Gasteiger partial charge is 0.335 e. The number of hydrogen-bond donors (Lipinski definition) is 2. The first kappa shape index (κ1) is 14.9. The predicted molar refractivity (Wildman–Crippen MR) is 86.6 cm³/mol. The van der Waals surface area contributed by atoms with E-state index in [-0.39, 0.29) is 5.56 Å². The minimum atomic E-state index is -0.964. The van der Waals surface area contributed by atoms with Crippen LogP contribution in [0.15, 0.2) is 34.1 Å². The molecule has 0 bridgehead atoms. The molecule has 20 heavy (non-hydrogen) atoms. The molecule has 0 saturated heterocycles. The Labute approximate surface area is 130 Å². The summed E-state index contributed by atoms with van der Waals surface area (Å²) >= 11 is 5.13. The molecule has 0 aliphatic rings. The third-order valence-electron chi connectivity index (χ3n) is 2.97. The number of carboxylic acid groups (broad SMARTS) is 1. The summed E-state index contributed by atoms with van der Waals surface area (Å²) in [5, 5.41) is 8.96. The number of anilines is 2. The van der Waals surface area contributed by atoms with Crippen LogP contribution in [0.5, 0.6) is 0 Å². The Morgan fingerprint density at radius 3 is 2.65 bits per heavy atom. The van der Waals surface area contributed by atoms with Gasteiger partial charge in [-0.1, -0.05) is 0 Å². The van der Waals surface area contributed by atoms with Crippen molar-refractivity contribution < 1.29 is 9.90 Å². The Bertz CT molecular complexity index is 627. The maximum Gasteiger partial charge on any atom is 0.335 e. The summed E-state index contributed by atoms with van der Waals surface area (Å²) in [5.41, 5.74) is 7.54. The lowest BCUT2D eigenvalue weighted by atomic mass is 10.1. The topological polar surface area (TPSA) is 66.6 Å². The van der Waals surface area contributed by atoms with Gasteiger partial charge in [0.05, 0.1) is 27.3 Å². The van der Waals surface area contributed by atoms with E-state index in [9.17, 15) is 4.79 Å². The zero-order chi connectivity index (χ0) is 14.7. The fraction of sp³-hybridized carbons (Fsp3) is 0.214. The predicted octanol–water partition coefficient (Wildman–Crippen LogP) is 3.82. The maximum atomic E-state index is 10.9. The second kappa shape index (κ2) is 6.28. The molecule has 106 valence electrons. The van der Waals surface area contributed by atoms with E-state index in [1.807, 2.05) is 13.0 Å². The van der Waals surface area contributed by atoms with Crippen LogP contribution in [0.4, 0.5) is 11.4 Å². The van der Waals surface area contributed by atoms with Gasteiger partial charge in [0.15, 0.2) is 0 Å². The van der Waals surface area contributed by atoms with Gasteiger partial charge in [0.1, 0.15) is 0 Å². The first-order chi connectivity index (χ1) is 9.51. The molecule has 0 fully saturated rings. The van der Waals surface area contributed by atoms with Gasteiger partial charge in [0, 0.05) is 11.4 Å². The quantitative estimate of drug-likeness (QED) is 0.801. The minimum Gasteiger partial charge on any atom is -0.478 e. The molecule has 0 unspecified atom stereocenters. The van der Waals surface area contributed by atoms with Gasteiger partial charge in [-0.25, -0.2) is 4.79 Å². The van der Waals surface area contributed by atoms with Gasteiger partial charge in [0.25, 0.3) is 0 Å². The molecule has 6 heteroatoms. The molecule has 0 atom stereocenters. The van der Waals surface area contributed by atoms with Gasteiger partial charge in [-0.2, -0.15) is 0 Å². The van der Waals surface area contributed by atoms with Crippen LogP contribution in [0.2, 0.25) is 0 Å². The largest absolute Gasteiger partial charge is 0.478 e. The molecule has 1 aromatic carbocycles. The number of carboxylic acids is 1. The number of rotatable bonds is 5. The van der Waals surface area contributed by atoms with Gasteiger partial charge in [-0.05, 0) is 53.2 Å². The van der Waals surface area contributed by atoms with Crippen molar-refractivity contribution >= 4 is 44.6 Å². The van der Waals surface area contributed by atoms with Gasteiger partial charge in [0.2, 0.25) is 0 Å². The summed E-state index contributed by atoms with van der Waals surface area (Å²) in [5.74, 6) is -0.964. The van der Waals surface area contributed by atoms with E-state index in [4.69, 9.17) is 10.8 Å². The number of aromatic carboxylic acids is 1. The first-order valence-electron chi connectivity index (χ1n) is 6.13. The van der Waals surface area contributed by atoms with Gasteiger partial charge in [-0.15, -0.1) is 11.3 Å². The molecule has 3 N–H and O–H groups in total. The van der Waals surface area contributed by atoms with Crippen LogP contribution in [0.3, 0.4) is 0 Å². The highest BCUT2D eigenvalue weighted by Crippen LogP contribution is 2.29. The fourth-order valence-electron chi connectivity index (χ4n) is 1.97. The summed E-state index contributed by atoms with van der Waals surface area (Å²) in [6.45, 7) is 3.60. The van der Waals surface area contributed by atoms with Crippen molar-refractivity contribution in [3.05, 3.63) is 44.6 Å². The van der Waals surface area contributed by atoms with E-state index in [0.29, 0.717) is 5.69 Å². The van der Waals surface area contributed by atoms with Crippen LogP contribution < -0.4 is 10.6 Å². The van der Waals surface area contributed by atoms with Crippen LogP contribution >= 0.6 is 27.3 Å². The normalized spacial score (nSPS) is 10.5. The molecular weight excluding hydrogens is 340 g/mol. The number of benzene rings is 1. The number of halogens is 1. The zero-order valence-electron chi connectivity index (χ0n) is 11.0. The van der Waals surface area contributed by atoms with Crippen molar-refractivity contribution in [3.63, 3.8) is 0 Å². The summed E-state index contributed by atoms with van der Waals surface area (Å²) in [6.07, 6.45) is 0. The maximum absolute atomic E-state index is 10.9. The molecular formula is C14H15BrN2O2S. The molecule has 0 aliphatic heterocycles. The lowest BCUT2D eigenvalue weighted by molar-refractivity contribution is 0.0697. The van der Waals surface area contributed by atoms with Crippen molar-refractivity contribution in [2.24, 2.45) is 0 Å². The number of hydrogen-bond acceptors (Lipinski definition) is 4. The third-order valence-corrected chi connectivity index (χ3v) is 4.58. The molecule has 0 radical (unpaired) electrons. The number of nitrogens with two attached hydrogens (primary N) is 1. The first-order valence-corrected chi connectivity index (χ1v) is 7.74. The van der Waals surface area contributed by atoms with E-state index in [2.05, 4.69) is 26.9 Å². The second-order valence-corrected chi connectivity index (χ2v) is 6.85. The van der Waals surface area contributed by atoms with Crippen LogP contribution in [0.1, 0.15) is 22.2 Å². The molecule has 4 nitrogen and oxygen atoms in total. The highest BCUT2D eigenvalue weighted by Gasteiger charge is 2.12. The lowest BCUT2D eigenvalue weighted by Gasteiger charge is -2.24. The van der Waals surface area contributed by atoms with E-state index in [0.717, 1.165) is 22.6 Å². The van der Waals surface area contributed by atoms with E-state index in [1.165, 1.54) is 10.9 Å². The summed E-state index contributed by atoms with van der Waals surface area (Å²) in [6, 6.07) is 8.95. The fourth-order valence-corrected chi connectivity index (χ4v) is 3.47. The molecule has 0 saturated carbocycles. The average molecular weight is 355 g/mol. The number of carbonyl (C=O) groups is 1. The van der Waals surface area contributed by atoms with E-state index in [1.54, 1.807) is 23.5 Å². The van der Waals surface area contributed by atoms with Crippen molar-refractivity contribution in [3.8, 4) is 0 Å². The molecule has 0 spiro atoms. The van der Waals surface area contributed by atoms with Crippen molar-refractivity contribution in [1.82, 2.24) is 0 Å². The highest BCUT2D eigenvalue weighted by atomic mass is 79.9. The molecule has 2 aromatic rings. The van der Waals surface area contributed by atoms with Crippen LogP contribution in [0, 0.1) is 0 Å². The van der Waals surface area contributed by atoms with Crippen molar-refractivity contribution in [2.45, 2.75) is 13.5 Å². The Hall–Kier alpha value is -1.53. The molecule has 0 amide bonds. The SMILES string of the molecule is CCN(Cc1ccc(Br)s1)c1ccc(C(=O)O)cc1N. The molecule has 1 aromatic heterocycles. The van der Waals surface area contributed by atoms with Crippen LogP contribution in [-0.2, 0) is 6.54 Å². The van der Waals surface area contributed by atoms with Crippen LogP contribution in [0.25, 0.3) is 0 Å². The monoisotopic (exact) mass is 354 g/mol.